The molecule has 1 aliphatic rings. The second kappa shape index (κ2) is 11.4. The van der Waals surface area contributed by atoms with Gasteiger partial charge in [-0.1, -0.05) is 19.9 Å². The third kappa shape index (κ3) is 5.36. The zero-order valence-corrected chi connectivity index (χ0v) is 24.0. The van der Waals surface area contributed by atoms with Gasteiger partial charge in [-0.3, -0.25) is 15.1 Å². The van der Waals surface area contributed by atoms with Gasteiger partial charge in [0.1, 0.15) is 17.1 Å². The fourth-order valence-corrected chi connectivity index (χ4v) is 6.31. The molecule has 1 saturated heterocycles. The van der Waals surface area contributed by atoms with E-state index in [0.717, 1.165) is 74.7 Å². The van der Waals surface area contributed by atoms with Crippen LogP contribution in [0.5, 0.6) is 0 Å². The molecular weight excluding hydrogens is 521 g/mol. The number of H-pyrrole nitrogens is 2. The van der Waals surface area contributed by atoms with E-state index in [0.29, 0.717) is 11.5 Å². The minimum atomic E-state index is -0.242. The van der Waals surface area contributed by atoms with E-state index in [4.69, 9.17) is 4.98 Å². The molecule has 1 fully saturated rings. The number of aromatic nitrogens is 5. The average Bonchev–Trinajstić information content (AvgIpc) is 3.76. The molecule has 5 aromatic rings. The highest BCUT2D eigenvalue weighted by molar-refractivity contribution is 7.12. The summed E-state index contributed by atoms with van der Waals surface area (Å²) in [5.41, 5.74) is 7.47. The van der Waals surface area contributed by atoms with Crippen molar-refractivity contribution in [1.29, 1.82) is 0 Å². The number of likely N-dealkylation sites (tertiary alicyclic amines) is 1. The maximum Gasteiger partial charge on any atom is 0.177 e. The number of halogens is 1. The van der Waals surface area contributed by atoms with Gasteiger partial charge in [0.25, 0.3) is 0 Å². The van der Waals surface area contributed by atoms with Crippen molar-refractivity contribution in [3.05, 3.63) is 75.8 Å². The number of rotatable bonds is 9. The molecule has 0 bridgehead atoms. The molecule has 0 aliphatic carbocycles. The van der Waals surface area contributed by atoms with E-state index < -0.39 is 0 Å². The Morgan fingerprint density at radius 3 is 2.70 bits per heavy atom. The van der Waals surface area contributed by atoms with E-state index in [1.54, 1.807) is 13.1 Å². The molecule has 5 heterocycles. The van der Waals surface area contributed by atoms with Crippen LogP contribution in [0.3, 0.4) is 0 Å². The number of aryl methyl sites for hydroxylation is 1. The normalized spacial score (nSPS) is 14.7. The number of thiophene rings is 1. The van der Waals surface area contributed by atoms with Crippen molar-refractivity contribution in [1.82, 2.24) is 30.0 Å². The van der Waals surface area contributed by atoms with E-state index in [1.165, 1.54) is 37.6 Å². The van der Waals surface area contributed by atoms with Crippen molar-refractivity contribution in [2.24, 2.45) is 4.99 Å². The largest absolute Gasteiger partial charge is 0.340 e. The number of nitrogens with zero attached hydrogens (tertiary/aromatic N) is 5. The average molecular weight is 556 g/mol. The lowest BCUT2D eigenvalue weighted by Crippen LogP contribution is -2.20. The molecule has 0 amide bonds. The first-order valence-electron chi connectivity index (χ1n) is 14.0. The molecule has 1 aromatic carbocycles. The highest BCUT2D eigenvalue weighted by Crippen LogP contribution is 2.32. The van der Waals surface area contributed by atoms with Crippen molar-refractivity contribution in [3.8, 4) is 22.6 Å². The van der Waals surface area contributed by atoms with E-state index in [9.17, 15) is 4.39 Å². The number of hydrogen-bond acceptors (Lipinski definition) is 6. The van der Waals surface area contributed by atoms with Gasteiger partial charge >= 0.3 is 0 Å². The molecule has 206 valence electrons. The number of benzene rings is 1. The van der Waals surface area contributed by atoms with Gasteiger partial charge < -0.3 is 9.88 Å². The SMILES string of the molecule is CN=C(c1ccc(F)s1)c1nc(-c2n[nH]c3ccc(-c4cncc(CCCN5CCCC5)c4)cc23)[nH]c1C(C)C. The van der Waals surface area contributed by atoms with Crippen LogP contribution in [0.1, 0.15) is 60.9 Å². The third-order valence-electron chi connectivity index (χ3n) is 7.62. The molecule has 40 heavy (non-hydrogen) atoms. The van der Waals surface area contributed by atoms with Crippen LogP contribution in [0.25, 0.3) is 33.5 Å². The van der Waals surface area contributed by atoms with Crippen LogP contribution in [0, 0.1) is 5.13 Å². The van der Waals surface area contributed by atoms with Crippen molar-refractivity contribution in [3.63, 3.8) is 0 Å². The zero-order valence-electron chi connectivity index (χ0n) is 23.2. The Morgan fingerprint density at radius 2 is 1.95 bits per heavy atom. The van der Waals surface area contributed by atoms with E-state index in [2.05, 4.69) is 68.2 Å². The van der Waals surface area contributed by atoms with Gasteiger partial charge in [0.15, 0.2) is 11.0 Å². The molecule has 6 rings (SSSR count). The highest BCUT2D eigenvalue weighted by atomic mass is 32.1. The van der Waals surface area contributed by atoms with Crippen molar-refractivity contribution >= 4 is 28.0 Å². The summed E-state index contributed by atoms with van der Waals surface area (Å²) in [7, 11) is 1.72. The molecule has 1 aliphatic heterocycles. The number of nitrogens with one attached hydrogen (secondary N) is 2. The van der Waals surface area contributed by atoms with E-state index in [1.807, 2.05) is 12.4 Å². The second-order valence-corrected chi connectivity index (χ2v) is 11.8. The lowest BCUT2D eigenvalue weighted by molar-refractivity contribution is 0.334. The lowest BCUT2D eigenvalue weighted by atomic mass is 10.0. The number of fused-ring (bicyclic) bond motifs is 1. The van der Waals surface area contributed by atoms with Gasteiger partial charge in [-0.2, -0.15) is 9.49 Å². The van der Waals surface area contributed by atoms with Crippen molar-refractivity contribution < 1.29 is 4.39 Å². The predicted octanol–water partition coefficient (Wildman–Crippen LogP) is 6.83. The van der Waals surface area contributed by atoms with Crippen molar-refractivity contribution in [2.75, 3.05) is 26.7 Å². The fourth-order valence-electron chi connectivity index (χ4n) is 5.54. The Labute approximate surface area is 237 Å². The quantitative estimate of drug-likeness (QED) is 0.195. The van der Waals surface area contributed by atoms with Gasteiger partial charge in [0, 0.05) is 36.1 Å². The Morgan fingerprint density at radius 1 is 1.10 bits per heavy atom. The van der Waals surface area contributed by atoms with Crippen LogP contribution < -0.4 is 0 Å². The maximum atomic E-state index is 13.8. The number of pyridine rings is 1. The zero-order chi connectivity index (χ0) is 27.6. The summed E-state index contributed by atoms with van der Waals surface area (Å²) in [5, 5.41) is 8.53. The first kappa shape index (κ1) is 26.5. The fraction of sp³-hybridized carbons (Fsp3) is 0.355. The lowest BCUT2D eigenvalue weighted by Gasteiger charge is -2.14. The number of aromatic amines is 2. The molecule has 0 saturated carbocycles. The summed E-state index contributed by atoms with van der Waals surface area (Å²) in [4.78, 5) is 20.8. The Balaban J connectivity index is 1.31. The summed E-state index contributed by atoms with van der Waals surface area (Å²) in [6.07, 6.45) is 8.75. The summed E-state index contributed by atoms with van der Waals surface area (Å²) in [6.45, 7) is 7.84. The molecule has 0 spiro atoms. The Kier molecular flexibility index (Phi) is 7.58. The number of aliphatic imine (C=N–C) groups is 1. The minimum Gasteiger partial charge on any atom is -0.340 e. The molecule has 0 radical (unpaired) electrons. The molecule has 4 aromatic heterocycles. The van der Waals surface area contributed by atoms with Gasteiger partial charge in [0.2, 0.25) is 0 Å². The second-order valence-electron chi connectivity index (χ2n) is 10.7. The first-order valence-corrected chi connectivity index (χ1v) is 14.8. The van der Waals surface area contributed by atoms with Gasteiger partial charge in [0.05, 0.1) is 10.4 Å². The van der Waals surface area contributed by atoms with Crippen LogP contribution in [0.15, 0.2) is 53.8 Å². The van der Waals surface area contributed by atoms with Gasteiger partial charge in [-0.15, -0.1) is 11.3 Å². The van der Waals surface area contributed by atoms with Crippen molar-refractivity contribution in [2.45, 2.75) is 45.4 Å². The Hall–Kier alpha value is -3.69. The first-order chi connectivity index (χ1) is 19.5. The number of imidazole rings is 1. The van der Waals surface area contributed by atoms with Crippen LogP contribution in [-0.2, 0) is 6.42 Å². The topological polar surface area (TPSA) is 85.8 Å². The minimum absolute atomic E-state index is 0.165. The summed E-state index contributed by atoms with van der Waals surface area (Å²) in [5.74, 6) is 0.826. The Bertz CT molecular complexity index is 1660. The smallest absolute Gasteiger partial charge is 0.177 e. The molecular formula is C31H34FN7S. The highest BCUT2D eigenvalue weighted by Gasteiger charge is 2.23. The van der Waals surface area contributed by atoms with Crippen LogP contribution >= 0.6 is 11.3 Å². The molecule has 0 unspecified atom stereocenters. The van der Waals surface area contributed by atoms with Crippen LogP contribution in [-0.4, -0.2) is 62.4 Å². The maximum absolute atomic E-state index is 13.8. The van der Waals surface area contributed by atoms with E-state index >= 15 is 0 Å². The standard InChI is InChI=1S/C31H34FN7S/c1-19(2)27-30(29(33-3)25-10-11-26(32)40-25)36-31(35-27)28-23-16-21(8-9-24(23)37-38-28)22-15-20(17-34-18-22)7-6-14-39-12-4-5-13-39/h8-11,15-19H,4-7,12-14H2,1-3H3,(H,35,36)(H,37,38). The van der Waals surface area contributed by atoms with Gasteiger partial charge in [-0.05, 0) is 92.7 Å². The van der Waals surface area contributed by atoms with Crippen LogP contribution in [0.2, 0.25) is 0 Å². The molecule has 9 heteroatoms. The summed E-state index contributed by atoms with van der Waals surface area (Å²) >= 11 is 1.08. The van der Waals surface area contributed by atoms with Crippen LogP contribution in [0.4, 0.5) is 4.39 Å². The monoisotopic (exact) mass is 555 g/mol. The summed E-state index contributed by atoms with van der Waals surface area (Å²) in [6, 6.07) is 11.8. The molecule has 0 atom stereocenters. The van der Waals surface area contributed by atoms with E-state index in [-0.39, 0.29) is 11.0 Å². The number of hydrogen-bond donors (Lipinski definition) is 2. The predicted molar refractivity (Wildman–Crippen MR) is 161 cm³/mol. The summed E-state index contributed by atoms with van der Waals surface area (Å²) < 4.78 is 13.8. The molecule has 7 nitrogen and oxygen atoms in total. The van der Waals surface area contributed by atoms with Gasteiger partial charge in [-0.25, -0.2) is 4.98 Å². The molecule has 2 N–H and O–H groups in total. The third-order valence-corrected chi connectivity index (χ3v) is 8.50.